The maximum atomic E-state index is 13.0. The molecule has 0 radical (unpaired) electrons. The van der Waals surface area contributed by atoms with Gasteiger partial charge in [-0.2, -0.15) is 5.10 Å². The SMILES string of the molecule is CCCCC1C(=O)N(C)CCN1C(=O)c1cc(-c2ccc(OC)cc2)n[nH]1. The van der Waals surface area contributed by atoms with Gasteiger partial charge >= 0.3 is 0 Å². The quantitative estimate of drug-likeness (QED) is 0.848. The Kier molecular flexibility index (Phi) is 5.78. The molecule has 1 saturated heterocycles. The molecule has 1 fully saturated rings. The predicted molar refractivity (Wildman–Crippen MR) is 103 cm³/mol. The minimum Gasteiger partial charge on any atom is -0.497 e. The van der Waals surface area contributed by atoms with Crippen molar-refractivity contribution < 1.29 is 14.3 Å². The molecule has 1 aromatic heterocycles. The zero-order valence-corrected chi connectivity index (χ0v) is 16.1. The molecular formula is C20H26N4O3. The number of benzene rings is 1. The lowest BCUT2D eigenvalue weighted by molar-refractivity contribution is -0.138. The fourth-order valence-electron chi connectivity index (χ4n) is 3.33. The molecular weight excluding hydrogens is 344 g/mol. The van der Waals surface area contributed by atoms with Crippen LogP contribution < -0.4 is 4.74 Å². The van der Waals surface area contributed by atoms with Gasteiger partial charge in [0, 0.05) is 25.7 Å². The van der Waals surface area contributed by atoms with Gasteiger partial charge in [-0.25, -0.2) is 0 Å². The van der Waals surface area contributed by atoms with Crippen molar-refractivity contribution in [1.82, 2.24) is 20.0 Å². The number of methoxy groups -OCH3 is 1. The highest BCUT2D eigenvalue weighted by atomic mass is 16.5. The van der Waals surface area contributed by atoms with E-state index in [9.17, 15) is 9.59 Å². The second-order valence-electron chi connectivity index (χ2n) is 6.81. The molecule has 0 saturated carbocycles. The van der Waals surface area contributed by atoms with Crippen LogP contribution in [0.25, 0.3) is 11.3 Å². The van der Waals surface area contributed by atoms with Crippen molar-refractivity contribution in [3.8, 4) is 17.0 Å². The maximum Gasteiger partial charge on any atom is 0.272 e. The molecule has 1 aliphatic rings. The summed E-state index contributed by atoms with van der Waals surface area (Å²) in [6.45, 7) is 3.16. The van der Waals surface area contributed by atoms with Crippen molar-refractivity contribution in [2.75, 3.05) is 27.2 Å². The predicted octanol–water partition coefficient (Wildman–Crippen LogP) is 2.56. The third-order valence-electron chi connectivity index (χ3n) is 5.00. The largest absolute Gasteiger partial charge is 0.497 e. The molecule has 7 heteroatoms. The summed E-state index contributed by atoms with van der Waals surface area (Å²) in [6.07, 6.45) is 2.58. The number of nitrogens with zero attached hydrogens (tertiary/aromatic N) is 3. The molecule has 2 aromatic rings. The van der Waals surface area contributed by atoms with Gasteiger partial charge in [0.05, 0.1) is 12.8 Å². The molecule has 1 unspecified atom stereocenters. The molecule has 0 spiro atoms. The zero-order valence-electron chi connectivity index (χ0n) is 16.1. The van der Waals surface area contributed by atoms with Crippen LogP contribution >= 0.6 is 0 Å². The number of likely N-dealkylation sites (N-methyl/N-ethyl adjacent to an activating group) is 1. The van der Waals surface area contributed by atoms with E-state index >= 15 is 0 Å². The molecule has 3 rings (SSSR count). The van der Waals surface area contributed by atoms with Gasteiger partial charge < -0.3 is 14.5 Å². The number of aromatic nitrogens is 2. The normalized spacial score (nSPS) is 17.3. The third-order valence-corrected chi connectivity index (χ3v) is 5.00. The van der Waals surface area contributed by atoms with Crippen molar-refractivity contribution in [2.45, 2.75) is 32.2 Å². The van der Waals surface area contributed by atoms with E-state index in [2.05, 4.69) is 17.1 Å². The topological polar surface area (TPSA) is 78.5 Å². The van der Waals surface area contributed by atoms with E-state index in [0.29, 0.717) is 30.9 Å². The van der Waals surface area contributed by atoms with Gasteiger partial charge in [0.15, 0.2) is 0 Å². The van der Waals surface area contributed by atoms with E-state index in [0.717, 1.165) is 24.2 Å². The lowest BCUT2D eigenvalue weighted by Crippen LogP contribution is -2.57. The summed E-state index contributed by atoms with van der Waals surface area (Å²) >= 11 is 0. The number of carbonyl (C=O) groups excluding carboxylic acids is 2. The Morgan fingerprint density at radius 3 is 2.70 bits per heavy atom. The highest BCUT2D eigenvalue weighted by Crippen LogP contribution is 2.23. The van der Waals surface area contributed by atoms with E-state index < -0.39 is 6.04 Å². The Bertz CT molecular complexity index is 800. The fourth-order valence-corrected chi connectivity index (χ4v) is 3.33. The number of unbranched alkanes of at least 4 members (excludes halogenated alkanes) is 1. The van der Waals surface area contributed by atoms with Crippen molar-refractivity contribution >= 4 is 11.8 Å². The first-order chi connectivity index (χ1) is 13.0. The van der Waals surface area contributed by atoms with Crippen LogP contribution in [0, 0.1) is 0 Å². The first-order valence-electron chi connectivity index (χ1n) is 9.31. The zero-order chi connectivity index (χ0) is 19.4. The Labute approximate surface area is 159 Å². The maximum absolute atomic E-state index is 13.0. The Balaban J connectivity index is 1.79. The van der Waals surface area contributed by atoms with Crippen LogP contribution in [0.2, 0.25) is 0 Å². The summed E-state index contributed by atoms with van der Waals surface area (Å²) in [4.78, 5) is 29.0. The van der Waals surface area contributed by atoms with Crippen molar-refractivity contribution in [3.63, 3.8) is 0 Å². The smallest absolute Gasteiger partial charge is 0.272 e. The van der Waals surface area contributed by atoms with Crippen molar-refractivity contribution in [3.05, 3.63) is 36.0 Å². The Morgan fingerprint density at radius 2 is 2.04 bits per heavy atom. The highest BCUT2D eigenvalue weighted by Gasteiger charge is 2.36. The van der Waals surface area contributed by atoms with Gasteiger partial charge in [-0.05, 0) is 36.8 Å². The number of carbonyl (C=O) groups is 2. The first-order valence-corrected chi connectivity index (χ1v) is 9.31. The molecule has 2 heterocycles. The van der Waals surface area contributed by atoms with Crippen LogP contribution in [0.4, 0.5) is 0 Å². The summed E-state index contributed by atoms with van der Waals surface area (Å²) in [5, 5.41) is 7.11. The molecule has 27 heavy (non-hydrogen) atoms. The average molecular weight is 370 g/mol. The van der Waals surface area contributed by atoms with Gasteiger partial charge in [-0.3, -0.25) is 14.7 Å². The van der Waals surface area contributed by atoms with Gasteiger partial charge in [-0.15, -0.1) is 0 Å². The van der Waals surface area contributed by atoms with Crippen LogP contribution in [0.1, 0.15) is 36.7 Å². The van der Waals surface area contributed by atoms with Crippen molar-refractivity contribution in [2.24, 2.45) is 0 Å². The molecule has 1 aromatic carbocycles. The van der Waals surface area contributed by atoms with Gasteiger partial charge in [0.25, 0.3) is 5.91 Å². The van der Waals surface area contributed by atoms with Crippen LogP contribution in [-0.4, -0.2) is 65.1 Å². The average Bonchev–Trinajstić information content (AvgIpc) is 3.19. The highest BCUT2D eigenvalue weighted by molar-refractivity contribution is 5.97. The van der Waals surface area contributed by atoms with Crippen LogP contribution in [0.3, 0.4) is 0 Å². The Hall–Kier alpha value is -2.83. The molecule has 1 atom stereocenters. The number of nitrogens with one attached hydrogen (secondary N) is 1. The van der Waals surface area contributed by atoms with Gasteiger partial charge in [-0.1, -0.05) is 19.8 Å². The van der Waals surface area contributed by atoms with E-state index in [-0.39, 0.29) is 11.8 Å². The number of H-pyrrole nitrogens is 1. The van der Waals surface area contributed by atoms with E-state index in [1.54, 1.807) is 30.0 Å². The standard InChI is InChI=1S/C20H26N4O3/c1-4-5-6-18-20(26)23(2)11-12-24(18)19(25)17-13-16(21-22-17)14-7-9-15(27-3)10-8-14/h7-10,13,18H,4-6,11-12H2,1-3H3,(H,21,22). The number of amides is 2. The molecule has 144 valence electrons. The molecule has 1 aliphatic heterocycles. The number of piperazine rings is 1. The minimum atomic E-state index is -0.399. The first kappa shape index (κ1) is 18.9. The van der Waals surface area contributed by atoms with Crippen molar-refractivity contribution in [1.29, 1.82) is 0 Å². The monoisotopic (exact) mass is 370 g/mol. The van der Waals surface area contributed by atoms with Crippen LogP contribution in [0.5, 0.6) is 5.75 Å². The van der Waals surface area contributed by atoms with Gasteiger partial charge in [0.1, 0.15) is 17.5 Å². The number of hydrogen-bond acceptors (Lipinski definition) is 4. The third kappa shape index (κ3) is 3.97. The molecule has 0 bridgehead atoms. The minimum absolute atomic E-state index is 0.0120. The van der Waals surface area contributed by atoms with E-state index in [1.807, 2.05) is 24.3 Å². The molecule has 2 amide bonds. The second-order valence-corrected chi connectivity index (χ2v) is 6.81. The summed E-state index contributed by atoms with van der Waals surface area (Å²) in [5.41, 5.74) is 1.98. The lowest BCUT2D eigenvalue weighted by Gasteiger charge is -2.39. The van der Waals surface area contributed by atoms with E-state index in [4.69, 9.17) is 4.74 Å². The Morgan fingerprint density at radius 1 is 1.30 bits per heavy atom. The van der Waals surface area contributed by atoms with Crippen LogP contribution in [0.15, 0.2) is 30.3 Å². The molecule has 7 nitrogen and oxygen atoms in total. The lowest BCUT2D eigenvalue weighted by atomic mass is 10.0. The summed E-state index contributed by atoms with van der Waals surface area (Å²) < 4.78 is 5.17. The van der Waals surface area contributed by atoms with E-state index in [1.165, 1.54) is 0 Å². The number of aromatic amines is 1. The molecule has 0 aliphatic carbocycles. The number of hydrogen-bond donors (Lipinski definition) is 1. The van der Waals surface area contributed by atoms with Gasteiger partial charge in [0.2, 0.25) is 5.91 Å². The summed E-state index contributed by atoms with van der Waals surface area (Å²) in [7, 11) is 3.41. The fraction of sp³-hybridized carbons (Fsp3) is 0.450. The second kappa shape index (κ2) is 8.24. The molecule has 1 N–H and O–H groups in total. The van der Waals surface area contributed by atoms with Crippen LogP contribution in [-0.2, 0) is 4.79 Å². The summed E-state index contributed by atoms with van der Waals surface area (Å²) in [5.74, 6) is 0.600. The number of rotatable bonds is 6. The summed E-state index contributed by atoms with van der Waals surface area (Å²) in [6, 6.07) is 8.84. The number of ether oxygens (including phenoxy) is 1.